The fraction of sp³-hybridized carbons (Fsp3) is 0.417. The fourth-order valence-electron chi connectivity index (χ4n) is 4.07. The van der Waals surface area contributed by atoms with E-state index in [4.69, 9.17) is 9.47 Å². The molecule has 1 fully saturated rings. The maximum absolute atomic E-state index is 13.4. The van der Waals surface area contributed by atoms with E-state index in [2.05, 4.69) is 5.32 Å². The zero-order valence-corrected chi connectivity index (χ0v) is 20.7. The highest BCUT2D eigenvalue weighted by molar-refractivity contribution is 7.89. The van der Waals surface area contributed by atoms with E-state index >= 15 is 0 Å². The van der Waals surface area contributed by atoms with E-state index in [1.807, 2.05) is 25.1 Å². The fourth-order valence-corrected chi connectivity index (χ4v) is 5.55. The number of carbonyl (C=O) groups excluding carboxylic acids is 2. The van der Waals surface area contributed by atoms with Crippen LogP contribution in [0.3, 0.4) is 0 Å². The molecule has 184 valence electrons. The van der Waals surface area contributed by atoms with Crippen LogP contribution in [-0.2, 0) is 26.2 Å². The van der Waals surface area contributed by atoms with Crippen molar-refractivity contribution in [2.75, 3.05) is 33.9 Å². The highest BCUT2D eigenvalue weighted by atomic mass is 32.2. The number of nitrogens with zero attached hydrogens (tertiary/aromatic N) is 2. The van der Waals surface area contributed by atoms with Crippen molar-refractivity contribution in [2.24, 2.45) is 0 Å². The van der Waals surface area contributed by atoms with Crippen LogP contribution in [0.25, 0.3) is 0 Å². The van der Waals surface area contributed by atoms with Crippen LogP contribution in [0.15, 0.2) is 53.4 Å². The molecule has 1 N–H and O–H groups in total. The van der Waals surface area contributed by atoms with Gasteiger partial charge in [0, 0.05) is 25.2 Å². The van der Waals surface area contributed by atoms with Crippen molar-refractivity contribution >= 4 is 21.8 Å². The first kappa shape index (κ1) is 25.5. The van der Waals surface area contributed by atoms with E-state index in [9.17, 15) is 18.0 Å². The first-order valence-electron chi connectivity index (χ1n) is 11.0. The Labute approximate surface area is 200 Å². The third-order valence-electron chi connectivity index (χ3n) is 5.96. The number of ether oxygens (including phenoxy) is 2. The molecule has 1 saturated heterocycles. The van der Waals surface area contributed by atoms with E-state index in [0.717, 1.165) is 9.87 Å². The second-order valence-corrected chi connectivity index (χ2v) is 10.2. The lowest BCUT2D eigenvalue weighted by molar-refractivity contribution is -0.152. The largest absolute Gasteiger partial charge is 0.497 e. The van der Waals surface area contributed by atoms with Gasteiger partial charge in [0.05, 0.1) is 25.7 Å². The Kier molecular flexibility index (Phi) is 7.83. The van der Waals surface area contributed by atoms with Crippen LogP contribution in [0.5, 0.6) is 11.5 Å². The third kappa shape index (κ3) is 5.02. The average molecular weight is 490 g/mol. The van der Waals surface area contributed by atoms with Crippen LogP contribution in [0, 0.1) is 0 Å². The number of methoxy groups -OCH3 is 2. The Morgan fingerprint density at radius 3 is 2.38 bits per heavy atom. The standard InChI is InChI=1S/C24H31N3O6S/c1-5-14-27-22(28)16-26(34(30,31)20-12-10-19(32-3)11-13-20)17-24(27,2)23(29)25-15-18-8-6-7-9-21(18)33-4/h6-13H,5,14-17H2,1-4H3,(H,25,29)/t24-/m1/s1. The number of sulfonamides is 1. The molecule has 10 heteroatoms. The van der Waals surface area contributed by atoms with E-state index < -0.39 is 27.4 Å². The Balaban J connectivity index is 1.88. The summed E-state index contributed by atoms with van der Waals surface area (Å²) < 4.78 is 38.2. The molecular weight excluding hydrogens is 458 g/mol. The minimum atomic E-state index is -4.01. The molecular formula is C24H31N3O6S. The minimum Gasteiger partial charge on any atom is -0.497 e. The number of nitrogens with one attached hydrogen (secondary N) is 1. The Bertz CT molecular complexity index is 1140. The van der Waals surface area contributed by atoms with Crippen molar-refractivity contribution in [2.45, 2.75) is 37.2 Å². The van der Waals surface area contributed by atoms with Crippen LogP contribution in [0.2, 0.25) is 0 Å². The zero-order valence-electron chi connectivity index (χ0n) is 19.9. The first-order valence-corrected chi connectivity index (χ1v) is 12.5. The molecule has 3 rings (SSSR count). The van der Waals surface area contributed by atoms with Crippen molar-refractivity contribution < 1.29 is 27.5 Å². The molecule has 9 nitrogen and oxygen atoms in total. The highest BCUT2D eigenvalue weighted by Gasteiger charge is 2.50. The molecule has 0 saturated carbocycles. The smallest absolute Gasteiger partial charge is 0.247 e. The Morgan fingerprint density at radius 2 is 1.76 bits per heavy atom. The topological polar surface area (TPSA) is 105 Å². The number of amides is 2. The molecule has 0 aromatic heterocycles. The maximum Gasteiger partial charge on any atom is 0.247 e. The van der Waals surface area contributed by atoms with Crippen molar-refractivity contribution in [3.63, 3.8) is 0 Å². The van der Waals surface area contributed by atoms with E-state index in [1.54, 1.807) is 32.2 Å². The summed E-state index contributed by atoms with van der Waals surface area (Å²) in [6.45, 7) is 3.54. The van der Waals surface area contributed by atoms with Crippen LogP contribution < -0.4 is 14.8 Å². The molecule has 0 spiro atoms. The number of para-hydroxylation sites is 1. The van der Waals surface area contributed by atoms with Gasteiger partial charge in [-0.1, -0.05) is 25.1 Å². The predicted octanol–water partition coefficient (Wildman–Crippen LogP) is 2.02. The predicted molar refractivity (Wildman–Crippen MR) is 127 cm³/mol. The number of carbonyl (C=O) groups is 2. The minimum absolute atomic E-state index is 0.0295. The number of benzene rings is 2. The summed E-state index contributed by atoms with van der Waals surface area (Å²) in [5, 5.41) is 2.87. The summed E-state index contributed by atoms with van der Waals surface area (Å²) in [7, 11) is -0.972. The van der Waals surface area contributed by atoms with E-state index in [1.165, 1.54) is 24.1 Å². The van der Waals surface area contributed by atoms with Gasteiger partial charge in [-0.05, 0) is 43.7 Å². The van der Waals surface area contributed by atoms with Gasteiger partial charge in [-0.3, -0.25) is 9.59 Å². The van der Waals surface area contributed by atoms with Crippen molar-refractivity contribution in [1.29, 1.82) is 0 Å². The van der Waals surface area contributed by atoms with Crippen LogP contribution >= 0.6 is 0 Å². The molecule has 0 unspecified atom stereocenters. The lowest BCUT2D eigenvalue weighted by Gasteiger charge is -2.46. The van der Waals surface area contributed by atoms with Crippen molar-refractivity contribution in [3.8, 4) is 11.5 Å². The number of rotatable bonds is 9. The lowest BCUT2D eigenvalue weighted by atomic mass is 9.95. The monoisotopic (exact) mass is 489 g/mol. The third-order valence-corrected chi connectivity index (χ3v) is 7.76. The van der Waals surface area contributed by atoms with Gasteiger partial charge >= 0.3 is 0 Å². The molecule has 0 aliphatic carbocycles. The van der Waals surface area contributed by atoms with Crippen LogP contribution in [0.4, 0.5) is 0 Å². The summed E-state index contributed by atoms with van der Waals surface area (Å²) in [6, 6.07) is 13.2. The first-order chi connectivity index (χ1) is 16.2. The Hall–Kier alpha value is -3.11. The van der Waals surface area contributed by atoms with Gasteiger partial charge < -0.3 is 19.7 Å². The van der Waals surface area contributed by atoms with Gasteiger partial charge in [-0.15, -0.1) is 0 Å². The van der Waals surface area contributed by atoms with Gasteiger partial charge in [0.2, 0.25) is 21.8 Å². The van der Waals surface area contributed by atoms with Gasteiger partial charge in [0.25, 0.3) is 0 Å². The normalized spacial score (nSPS) is 19.1. The van der Waals surface area contributed by atoms with Crippen molar-refractivity contribution in [3.05, 3.63) is 54.1 Å². The van der Waals surface area contributed by atoms with Gasteiger partial charge in [-0.2, -0.15) is 4.31 Å². The number of hydrogen-bond acceptors (Lipinski definition) is 6. The highest BCUT2D eigenvalue weighted by Crippen LogP contribution is 2.29. The lowest BCUT2D eigenvalue weighted by Crippen LogP contribution is -2.69. The molecule has 1 aliphatic heterocycles. The van der Waals surface area contributed by atoms with Crippen molar-refractivity contribution in [1.82, 2.24) is 14.5 Å². The molecule has 2 aromatic carbocycles. The summed E-state index contributed by atoms with van der Waals surface area (Å²) in [5.41, 5.74) is -0.610. The summed E-state index contributed by atoms with van der Waals surface area (Å²) in [6.07, 6.45) is 0.631. The zero-order chi connectivity index (χ0) is 24.9. The molecule has 1 heterocycles. The van der Waals surface area contributed by atoms with Crippen LogP contribution in [-0.4, -0.2) is 68.8 Å². The molecule has 1 atom stereocenters. The molecule has 0 bridgehead atoms. The van der Waals surface area contributed by atoms with E-state index in [0.29, 0.717) is 24.5 Å². The Morgan fingerprint density at radius 1 is 1.09 bits per heavy atom. The van der Waals surface area contributed by atoms with Gasteiger partial charge in [0.1, 0.15) is 17.0 Å². The summed E-state index contributed by atoms with van der Waals surface area (Å²) >= 11 is 0. The molecule has 0 radical (unpaired) electrons. The molecule has 2 aromatic rings. The van der Waals surface area contributed by atoms with Gasteiger partial charge in [0.15, 0.2) is 0 Å². The van der Waals surface area contributed by atoms with Crippen LogP contribution in [0.1, 0.15) is 25.8 Å². The quantitative estimate of drug-likeness (QED) is 0.578. The molecule has 2 amide bonds. The average Bonchev–Trinajstić information content (AvgIpc) is 2.84. The number of piperazine rings is 1. The maximum atomic E-state index is 13.4. The molecule has 34 heavy (non-hydrogen) atoms. The SMILES string of the molecule is CCCN1C(=O)CN(S(=O)(=O)c2ccc(OC)cc2)C[C@]1(C)C(=O)NCc1ccccc1OC. The second kappa shape index (κ2) is 10.4. The number of hydrogen-bond donors (Lipinski definition) is 1. The van der Waals surface area contributed by atoms with Gasteiger partial charge in [-0.25, -0.2) is 8.42 Å². The van der Waals surface area contributed by atoms with E-state index in [-0.39, 0.29) is 24.5 Å². The summed E-state index contributed by atoms with van der Waals surface area (Å²) in [4.78, 5) is 28.0. The summed E-state index contributed by atoms with van der Waals surface area (Å²) in [5.74, 6) is 0.292. The second-order valence-electron chi connectivity index (χ2n) is 8.26. The molecule has 1 aliphatic rings.